The van der Waals surface area contributed by atoms with Crippen LogP contribution in [0.2, 0.25) is 0 Å². The molecular weight excluding hydrogens is 220 g/mol. The van der Waals surface area contributed by atoms with Gasteiger partial charge in [-0.25, -0.2) is 0 Å². The van der Waals surface area contributed by atoms with Gasteiger partial charge in [0.25, 0.3) is 0 Å². The highest BCUT2D eigenvalue weighted by atomic mass is 15.2. The average Bonchev–Trinajstić information content (AvgIpc) is 2.89. The van der Waals surface area contributed by atoms with Gasteiger partial charge in [0.1, 0.15) is 0 Å². The lowest BCUT2D eigenvalue weighted by Crippen LogP contribution is -2.39. The summed E-state index contributed by atoms with van der Waals surface area (Å²) in [6.45, 7) is 7.71. The Kier molecular flexibility index (Phi) is 4.25. The van der Waals surface area contributed by atoms with Crippen molar-refractivity contribution in [3.05, 3.63) is 0 Å². The largest absolute Gasteiger partial charge is 0.313 e. The molecule has 1 aliphatic heterocycles. The topological polar surface area (TPSA) is 15.3 Å². The molecule has 18 heavy (non-hydrogen) atoms. The zero-order valence-corrected chi connectivity index (χ0v) is 12.0. The molecule has 2 aliphatic carbocycles. The van der Waals surface area contributed by atoms with Crippen LogP contribution in [-0.2, 0) is 0 Å². The number of hydrogen-bond acceptors (Lipinski definition) is 2. The Morgan fingerprint density at radius 2 is 1.72 bits per heavy atom. The molecule has 1 saturated heterocycles. The van der Waals surface area contributed by atoms with Gasteiger partial charge in [0.2, 0.25) is 0 Å². The van der Waals surface area contributed by atoms with Crippen molar-refractivity contribution < 1.29 is 0 Å². The summed E-state index contributed by atoms with van der Waals surface area (Å²) in [5, 5.41) is 3.80. The predicted octanol–water partition coefficient (Wildman–Crippen LogP) is 2.89. The fourth-order valence-electron chi connectivity index (χ4n) is 4.56. The van der Waals surface area contributed by atoms with Crippen LogP contribution in [0.5, 0.6) is 0 Å². The van der Waals surface area contributed by atoms with E-state index in [1.54, 1.807) is 0 Å². The fraction of sp³-hybridized carbons (Fsp3) is 1.00. The number of nitrogens with one attached hydrogen (secondary N) is 1. The van der Waals surface area contributed by atoms with E-state index in [0.29, 0.717) is 0 Å². The fourth-order valence-corrected chi connectivity index (χ4v) is 4.56. The quantitative estimate of drug-likeness (QED) is 0.825. The summed E-state index contributed by atoms with van der Waals surface area (Å²) >= 11 is 0. The number of hydrogen-bond donors (Lipinski definition) is 1. The number of likely N-dealkylation sites (tertiary alicyclic amines) is 1. The zero-order chi connectivity index (χ0) is 12.4. The molecule has 1 N–H and O–H groups in total. The number of rotatable bonds is 4. The SMILES string of the molecule is CC1CCCC(NCCN2CC3CCCC3C2)C1. The van der Waals surface area contributed by atoms with Crippen LogP contribution in [0.15, 0.2) is 0 Å². The van der Waals surface area contributed by atoms with Gasteiger partial charge in [-0.3, -0.25) is 0 Å². The smallest absolute Gasteiger partial charge is 0.0107 e. The van der Waals surface area contributed by atoms with E-state index in [0.717, 1.165) is 23.8 Å². The molecule has 3 rings (SSSR count). The zero-order valence-electron chi connectivity index (χ0n) is 12.0. The molecule has 2 saturated carbocycles. The van der Waals surface area contributed by atoms with Crippen LogP contribution < -0.4 is 5.32 Å². The molecule has 2 heteroatoms. The van der Waals surface area contributed by atoms with Crippen LogP contribution >= 0.6 is 0 Å². The second kappa shape index (κ2) is 5.92. The molecule has 104 valence electrons. The molecule has 0 aromatic heterocycles. The highest BCUT2D eigenvalue weighted by Gasteiger charge is 2.35. The molecule has 0 bridgehead atoms. The van der Waals surface area contributed by atoms with Crippen molar-refractivity contribution in [1.29, 1.82) is 0 Å². The van der Waals surface area contributed by atoms with Crippen molar-refractivity contribution in [3.63, 3.8) is 0 Å². The van der Waals surface area contributed by atoms with E-state index < -0.39 is 0 Å². The van der Waals surface area contributed by atoms with E-state index >= 15 is 0 Å². The lowest BCUT2D eigenvalue weighted by atomic mass is 9.87. The normalized spacial score (nSPS) is 41.2. The number of fused-ring (bicyclic) bond motifs is 1. The second-order valence-corrected chi connectivity index (χ2v) is 7.13. The first-order valence-corrected chi connectivity index (χ1v) is 8.27. The first-order chi connectivity index (χ1) is 8.81. The first-order valence-electron chi connectivity index (χ1n) is 8.27. The Morgan fingerprint density at radius 1 is 1.00 bits per heavy atom. The summed E-state index contributed by atoms with van der Waals surface area (Å²) in [6, 6.07) is 0.816. The maximum Gasteiger partial charge on any atom is 0.0107 e. The molecule has 4 unspecified atom stereocenters. The van der Waals surface area contributed by atoms with Crippen LogP contribution in [0, 0.1) is 17.8 Å². The van der Waals surface area contributed by atoms with Gasteiger partial charge in [-0.05, 0) is 43.4 Å². The summed E-state index contributed by atoms with van der Waals surface area (Å²) in [6.07, 6.45) is 10.2. The minimum absolute atomic E-state index is 0.816. The van der Waals surface area contributed by atoms with E-state index in [1.165, 1.54) is 71.1 Å². The molecule has 1 heterocycles. The van der Waals surface area contributed by atoms with E-state index in [9.17, 15) is 0 Å². The molecule has 3 fully saturated rings. The van der Waals surface area contributed by atoms with Crippen LogP contribution in [0.4, 0.5) is 0 Å². The van der Waals surface area contributed by atoms with E-state index in [-0.39, 0.29) is 0 Å². The summed E-state index contributed by atoms with van der Waals surface area (Å²) in [4.78, 5) is 2.72. The first kappa shape index (κ1) is 12.9. The number of nitrogens with zero attached hydrogens (tertiary/aromatic N) is 1. The van der Waals surface area contributed by atoms with Gasteiger partial charge in [-0.2, -0.15) is 0 Å². The third-order valence-corrected chi connectivity index (χ3v) is 5.60. The summed E-state index contributed by atoms with van der Waals surface area (Å²) in [5.41, 5.74) is 0. The average molecular weight is 250 g/mol. The van der Waals surface area contributed by atoms with Crippen molar-refractivity contribution in [2.45, 2.75) is 57.9 Å². The van der Waals surface area contributed by atoms with Gasteiger partial charge in [0.15, 0.2) is 0 Å². The van der Waals surface area contributed by atoms with Crippen LogP contribution in [0.3, 0.4) is 0 Å². The Labute approximate surface area is 113 Å². The predicted molar refractivity (Wildman–Crippen MR) is 76.7 cm³/mol. The summed E-state index contributed by atoms with van der Waals surface area (Å²) in [7, 11) is 0. The van der Waals surface area contributed by atoms with E-state index in [2.05, 4.69) is 17.1 Å². The van der Waals surface area contributed by atoms with Crippen molar-refractivity contribution in [2.75, 3.05) is 26.2 Å². The Bertz CT molecular complexity index is 254. The van der Waals surface area contributed by atoms with Crippen LogP contribution in [0.1, 0.15) is 51.9 Å². The molecule has 4 atom stereocenters. The summed E-state index contributed by atoms with van der Waals surface area (Å²) < 4.78 is 0. The van der Waals surface area contributed by atoms with Gasteiger partial charge >= 0.3 is 0 Å². The van der Waals surface area contributed by atoms with Crippen LogP contribution in [0.25, 0.3) is 0 Å². The van der Waals surface area contributed by atoms with Gasteiger partial charge in [-0.15, -0.1) is 0 Å². The third kappa shape index (κ3) is 3.08. The van der Waals surface area contributed by atoms with Crippen molar-refractivity contribution in [2.24, 2.45) is 17.8 Å². The molecular formula is C16H30N2. The monoisotopic (exact) mass is 250 g/mol. The molecule has 0 aromatic rings. The maximum absolute atomic E-state index is 3.80. The van der Waals surface area contributed by atoms with Gasteiger partial charge < -0.3 is 10.2 Å². The molecule has 0 radical (unpaired) electrons. The lowest BCUT2D eigenvalue weighted by Gasteiger charge is -2.28. The molecule has 0 aromatic carbocycles. The standard InChI is InChI=1S/C16H30N2/c1-13-4-2-7-16(10-13)17-8-9-18-11-14-5-3-6-15(14)12-18/h13-17H,2-12H2,1H3. The molecule has 2 nitrogen and oxygen atoms in total. The second-order valence-electron chi connectivity index (χ2n) is 7.13. The van der Waals surface area contributed by atoms with Crippen molar-refractivity contribution in [1.82, 2.24) is 10.2 Å². The van der Waals surface area contributed by atoms with Crippen LogP contribution in [-0.4, -0.2) is 37.1 Å². The van der Waals surface area contributed by atoms with E-state index in [1.807, 2.05) is 0 Å². The minimum Gasteiger partial charge on any atom is -0.313 e. The Balaban J connectivity index is 1.33. The van der Waals surface area contributed by atoms with Gasteiger partial charge in [0, 0.05) is 32.2 Å². The lowest BCUT2D eigenvalue weighted by molar-refractivity contribution is 0.269. The highest BCUT2D eigenvalue weighted by molar-refractivity contribution is 4.88. The Hall–Kier alpha value is -0.0800. The molecule has 0 spiro atoms. The summed E-state index contributed by atoms with van der Waals surface area (Å²) in [5.74, 6) is 3.06. The molecule has 0 amide bonds. The van der Waals surface area contributed by atoms with Gasteiger partial charge in [-0.1, -0.05) is 26.2 Å². The Morgan fingerprint density at radius 3 is 2.44 bits per heavy atom. The van der Waals surface area contributed by atoms with Gasteiger partial charge in [0.05, 0.1) is 0 Å². The molecule has 3 aliphatic rings. The maximum atomic E-state index is 3.80. The van der Waals surface area contributed by atoms with Crippen molar-refractivity contribution >= 4 is 0 Å². The van der Waals surface area contributed by atoms with E-state index in [4.69, 9.17) is 0 Å². The third-order valence-electron chi connectivity index (χ3n) is 5.60. The highest BCUT2D eigenvalue weighted by Crippen LogP contribution is 2.37. The van der Waals surface area contributed by atoms with Crippen molar-refractivity contribution in [3.8, 4) is 0 Å². The minimum atomic E-state index is 0.816.